The molecule has 2 heteroatoms. The van der Waals surface area contributed by atoms with E-state index in [1.807, 2.05) is 23.5 Å². The fraction of sp³-hybridized carbons (Fsp3) is 0.0345. The fourth-order valence-electron chi connectivity index (χ4n) is 10.2. The smallest absolute Gasteiger partial charge is 0.0725 e. The molecule has 10 aromatic rings. The Hall–Kier alpha value is -6.77. The molecular weight excluding hydrogens is 764 g/mol. The van der Waals surface area contributed by atoms with Crippen molar-refractivity contribution < 1.29 is 0 Å². The molecule has 0 atom stereocenters. The second-order valence-electron chi connectivity index (χ2n) is 16.0. The molecule has 0 unspecified atom stereocenters. The zero-order chi connectivity index (χ0) is 39.8. The van der Waals surface area contributed by atoms with Gasteiger partial charge in [-0.25, -0.2) is 0 Å². The Balaban J connectivity index is 1.01. The van der Waals surface area contributed by atoms with E-state index in [1.54, 1.807) is 0 Å². The molecule has 0 saturated carbocycles. The number of allylic oxidation sites excluding steroid dienone is 1. The molecular formula is C58H37ClS. The van der Waals surface area contributed by atoms with Gasteiger partial charge in [0.2, 0.25) is 0 Å². The molecule has 2 aliphatic carbocycles. The zero-order valence-electron chi connectivity index (χ0n) is 32.7. The summed E-state index contributed by atoms with van der Waals surface area (Å²) in [6, 6.07) is 76.2. The van der Waals surface area contributed by atoms with Gasteiger partial charge in [0.05, 0.1) is 5.41 Å². The molecule has 0 N–H and O–H groups in total. The van der Waals surface area contributed by atoms with Gasteiger partial charge in [0.1, 0.15) is 0 Å². The minimum absolute atomic E-state index is 0.437. The van der Waals surface area contributed by atoms with Gasteiger partial charge in [0.25, 0.3) is 0 Å². The number of thiophene rings is 1. The van der Waals surface area contributed by atoms with Crippen LogP contribution in [-0.4, -0.2) is 0 Å². The van der Waals surface area contributed by atoms with Crippen molar-refractivity contribution in [1.82, 2.24) is 0 Å². The van der Waals surface area contributed by atoms with E-state index in [4.69, 9.17) is 11.6 Å². The summed E-state index contributed by atoms with van der Waals surface area (Å²) in [7, 11) is 0. The molecule has 9 aromatic carbocycles. The normalized spacial score (nSPS) is 13.4. The van der Waals surface area contributed by atoms with Gasteiger partial charge in [-0.1, -0.05) is 181 Å². The maximum Gasteiger partial charge on any atom is 0.0725 e. The van der Waals surface area contributed by atoms with Crippen LogP contribution in [0.5, 0.6) is 0 Å². The first-order valence-electron chi connectivity index (χ1n) is 20.7. The van der Waals surface area contributed by atoms with Crippen molar-refractivity contribution in [2.24, 2.45) is 0 Å². The summed E-state index contributed by atoms with van der Waals surface area (Å²) in [6.45, 7) is 0. The van der Waals surface area contributed by atoms with E-state index in [9.17, 15) is 0 Å². The van der Waals surface area contributed by atoms with Crippen LogP contribution in [0.3, 0.4) is 0 Å². The molecule has 0 amide bonds. The SMILES string of the molecule is Clc1ccc(-c2cc(-c3ccc(C/C=C(/c4ccccc4)c4ccc5sc6ccccc6c5c4)cc3)c3c(c2)C2(c4ccccc4-c4ccccc42)c2ccccc2-3)cc1. The van der Waals surface area contributed by atoms with E-state index >= 15 is 0 Å². The van der Waals surface area contributed by atoms with Crippen LogP contribution in [-0.2, 0) is 11.8 Å². The molecule has 0 aliphatic heterocycles. The van der Waals surface area contributed by atoms with Crippen LogP contribution in [0.2, 0.25) is 5.02 Å². The van der Waals surface area contributed by atoms with Crippen molar-refractivity contribution in [1.29, 1.82) is 0 Å². The average molecular weight is 801 g/mol. The second kappa shape index (κ2) is 13.9. The van der Waals surface area contributed by atoms with Crippen LogP contribution in [0.1, 0.15) is 38.9 Å². The fourth-order valence-corrected chi connectivity index (χ4v) is 11.4. The minimum atomic E-state index is -0.437. The average Bonchev–Trinajstić information content (AvgIpc) is 3.94. The van der Waals surface area contributed by atoms with Crippen molar-refractivity contribution in [2.45, 2.75) is 11.8 Å². The van der Waals surface area contributed by atoms with Crippen molar-refractivity contribution in [2.75, 3.05) is 0 Å². The lowest BCUT2D eigenvalue weighted by atomic mass is 9.70. The van der Waals surface area contributed by atoms with Gasteiger partial charge in [0, 0.05) is 25.2 Å². The Morgan fingerprint density at radius 1 is 0.433 bits per heavy atom. The summed E-state index contributed by atoms with van der Waals surface area (Å²) in [5, 5.41) is 3.38. The maximum absolute atomic E-state index is 6.46. The molecule has 1 aromatic heterocycles. The number of rotatable bonds is 6. The number of hydrogen-bond donors (Lipinski definition) is 0. The van der Waals surface area contributed by atoms with Crippen molar-refractivity contribution in [3.63, 3.8) is 0 Å². The van der Waals surface area contributed by atoms with Crippen LogP contribution >= 0.6 is 22.9 Å². The van der Waals surface area contributed by atoms with Crippen LogP contribution in [0.4, 0.5) is 0 Å². The molecule has 0 radical (unpaired) electrons. The summed E-state index contributed by atoms with van der Waals surface area (Å²) < 4.78 is 2.65. The molecule has 0 bridgehead atoms. The third-order valence-electron chi connectivity index (χ3n) is 12.9. The summed E-state index contributed by atoms with van der Waals surface area (Å²) >= 11 is 8.32. The third kappa shape index (κ3) is 5.36. The Bertz CT molecular complexity index is 3290. The number of benzene rings is 9. The van der Waals surface area contributed by atoms with Crippen LogP contribution in [0.15, 0.2) is 212 Å². The van der Waals surface area contributed by atoms with E-state index in [0.29, 0.717) is 0 Å². The third-order valence-corrected chi connectivity index (χ3v) is 14.3. The van der Waals surface area contributed by atoms with Crippen molar-refractivity contribution in [3.05, 3.63) is 256 Å². The van der Waals surface area contributed by atoms with E-state index in [-0.39, 0.29) is 0 Å². The van der Waals surface area contributed by atoms with Crippen molar-refractivity contribution >= 4 is 48.7 Å². The Labute approximate surface area is 359 Å². The van der Waals surface area contributed by atoms with Crippen LogP contribution in [0, 0.1) is 0 Å². The maximum atomic E-state index is 6.46. The number of halogens is 1. The molecule has 12 rings (SSSR count). The topological polar surface area (TPSA) is 0 Å². The van der Waals surface area contributed by atoms with Gasteiger partial charge in [-0.15, -0.1) is 11.3 Å². The Kier molecular flexibility index (Phi) is 8.17. The first-order valence-corrected chi connectivity index (χ1v) is 21.8. The van der Waals surface area contributed by atoms with Gasteiger partial charge in [-0.05, 0) is 138 Å². The number of hydrogen-bond acceptors (Lipinski definition) is 1. The van der Waals surface area contributed by atoms with E-state index in [2.05, 4.69) is 200 Å². The van der Waals surface area contributed by atoms with Gasteiger partial charge >= 0.3 is 0 Å². The van der Waals surface area contributed by atoms with Gasteiger partial charge < -0.3 is 0 Å². The first kappa shape index (κ1) is 35.2. The Morgan fingerprint density at radius 2 is 1.03 bits per heavy atom. The molecule has 2 aliphatic rings. The highest BCUT2D eigenvalue weighted by Crippen LogP contribution is 2.64. The molecule has 0 nitrogen and oxygen atoms in total. The predicted octanol–water partition coefficient (Wildman–Crippen LogP) is 16.1. The Morgan fingerprint density at radius 3 is 1.77 bits per heavy atom. The highest BCUT2D eigenvalue weighted by Gasteiger charge is 2.52. The summed E-state index contributed by atoms with van der Waals surface area (Å²) in [5.41, 5.74) is 19.9. The summed E-state index contributed by atoms with van der Waals surface area (Å²) in [4.78, 5) is 0. The largest absolute Gasteiger partial charge is 0.135 e. The quantitative estimate of drug-likeness (QED) is 0.157. The monoisotopic (exact) mass is 800 g/mol. The lowest BCUT2D eigenvalue weighted by Gasteiger charge is -2.31. The van der Waals surface area contributed by atoms with Crippen LogP contribution < -0.4 is 0 Å². The summed E-state index contributed by atoms with van der Waals surface area (Å²) in [5.74, 6) is 0. The van der Waals surface area contributed by atoms with Crippen LogP contribution in [0.25, 0.3) is 70.3 Å². The van der Waals surface area contributed by atoms with E-state index in [1.165, 1.54) is 104 Å². The highest BCUT2D eigenvalue weighted by molar-refractivity contribution is 7.25. The molecule has 0 fully saturated rings. The van der Waals surface area contributed by atoms with E-state index in [0.717, 1.165) is 17.0 Å². The minimum Gasteiger partial charge on any atom is -0.135 e. The van der Waals surface area contributed by atoms with Crippen molar-refractivity contribution in [3.8, 4) is 44.5 Å². The van der Waals surface area contributed by atoms with E-state index < -0.39 is 5.41 Å². The molecule has 1 spiro atoms. The summed E-state index contributed by atoms with van der Waals surface area (Å²) in [6.07, 6.45) is 3.23. The van der Waals surface area contributed by atoms with Gasteiger partial charge in [-0.3, -0.25) is 0 Å². The van der Waals surface area contributed by atoms with Gasteiger partial charge in [0.15, 0.2) is 0 Å². The molecule has 0 saturated heterocycles. The molecule has 60 heavy (non-hydrogen) atoms. The lowest BCUT2D eigenvalue weighted by Crippen LogP contribution is -2.25. The molecule has 282 valence electrons. The standard InChI is InChI=1S/C58H37ClS/c59-43-30-27-38(28-31-43)42-35-49(57-48-17-6-10-20-53(48)58(54(57)36-42)51-18-8-4-14-45(51)46-15-5-9-19-52(46)58)40-25-22-37(23-26-40)24-32-44(39-12-2-1-3-13-39)41-29-33-56-50(34-41)47-16-7-11-21-55(47)60-56/h1-23,25-36H,24H2/b44-32-. The highest BCUT2D eigenvalue weighted by atomic mass is 35.5. The molecule has 1 heterocycles. The lowest BCUT2D eigenvalue weighted by molar-refractivity contribution is 0.794. The zero-order valence-corrected chi connectivity index (χ0v) is 34.3. The number of fused-ring (bicyclic) bond motifs is 13. The predicted molar refractivity (Wildman–Crippen MR) is 255 cm³/mol. The van der Waals surface area contributed by atoms with Gasteiger partial charge in [-0.2, -0.15) is 0 Å². The first-order chi connectivity index (χ1) is 29.6. The second-order valence-corrected chi connectivity index (χ2v) is 17.6.